The van der Waals surface area contributed by atoms with Crippen molar-refractivity contribution < 1.29 is 18.3 Å². The molecular weight excluding hydrogens is 458 g/mol. The van der Waals surface area contributed by atoms with Crippen LogP contribution in [0.4, 0.5) is 20.3 Å². The molecule has 1 fully saturated rings. The summed E-state index contributed by atoms with van der Waals surface area (Å²) in [6.45, 7) is 2.56. The fourth-order valence-electron chi connectivity index (χ4n) is 3.61. The minimum Gasteiger partial charge on any atom is -0.486 e. The van der Waals surface area contributed by atoms with Gasteiger partial charge in [-0.2, -0.15) is 4.91 Å². The van der Waals surface area contributed by atoms with E-state index in [1.54, 1.807) is 20.0 Å². The number of carbonyl (C=O) groups excluding carboxylic acids is 1. The van der Waals surface area contributed by atoms with Crippen LogP contribution in [0.5, 0.6) is 5.75 Å². The van der Waals surface area contributed by atoms with Crippen molar-refractivity contribution in [2.45, 2.75) is 25.7 Å². The van der Waals surface area contributed by atoms with Gasteiger partial charge in [0.05, 0.1) is 5.56 Å². The quantitative estimate of drug-likeness (QED) is 0.275. The molecule has 1 saturated carbocycles. The third-order valence-corrected chi connectivity index (χ3v) is 5.59. The van der Waals surface area contributed by atoms with Gasteiger partial charge < -0.3 is 21.1 Å². The van der Waals surface area contributed by atoms with Gasteiger partial charge in [0, 0.05) is 17.8 Å². The van der Waals surface area contributed by atoms with Gasteiger partial charge in [0.1, 0.15) is 30.3 Å². The zero-order chi connectivity index (χ0) is 25.5. The molecule has 0 atom stereocenters. The number of nitrogens with one attached hydrogen (secondary N) is 3. The van der Waals surface area contributed by atoms with Gasteiger partial charge in [-0.15, -0.1) is 0 Å². The summed E-state index contributed by atoms with van der Waals surface area (Å²) in [4.78, 5) is 28.5. The van der Waals surface area contributed by atoms with Crippen LogP contribution in [0.2, 0.25) is 0 Å². The molecule has 0 aliphatic heterocycles. The number of anilines is 2. The summed E-state index contributed by atoms with van der Waals surface area (Å²) in [5.41, 5.74) is 12.7. The number of nitrogens with two attached hydrogens (primary N) is 1. The summed E-state index contributed by atoms with van der Waals surface area (Å²) < 4.78 is 34.9. The zero-order valence-electron chi connectivity index (χ0n) is 19.3. The van der Waals surface area contributed by atoms with E-state index in [0.717, 1.165) is 18.4 Å². The lowest BCUT2D eigenvalue weighted by atomic mass is 10.0. The van der Waals surface area contributed by atoms with E-state index < -0.39 is 17.5 Å². The molecule has 184 valence electrons. The average molecular weight is 485 g/mol. The van der Waals surface area contributed by atoms with Gasteiger partial charge in [-0.05, 0) is 68.1 Å². The van der Waals surface area contributed by atoms with Crippen LogP contribution in [0.15, 0.2) is 36.7 Å². The van der Waals surface area contributed by atoms with Crippen LogP contribution in [0.25, 0.3) is 11.3 Å². The number of benzene rings is 2. The number of amides is 1. The van der Waals surface area contributed by atoms with Crippen molar-refractivity contribution in [1.82, 2.24) is 15.3 Å². The largest absolute Gasteiger partial charge is 0.486 e. The van der Waals surface area contributed by atoms with Gasteiger partial charge in [-0.1, -0.05) is 11.7 Å². The first-order chi connectivity index (χ1) is 16.9. The van der Waals surface area contributed by atoms with Crippen LogP contribution in [-0.2, 0) is 0 Å². The number of nitroso groups, excluding NO2 is 1. The molecule has 3 aromatic rings. The van der Waals surface area contributed by atoms with Crippen molar-refractivity contribution in [3.8, 4) is 17.0 Å². The molecule has 9 nitrogen and oxygen atoms in total. The van der Waals surface area contributed by atoms with Crippen LogP contribution in [-0.4, -0.2) is 36.1 Å². The molecule has 0 spiro atoms. The highest BCUT2D eigenvalue weighted by molar-refractivity contribution is 6.05. The Morgan fingerprint density at radius 2 is 1.94 bits per heavy atom. The summed E-state index contributed by atoms with van der Waals surface area (Å²) in [5, 5.41) is 5.58. The Labute approximate surface area is 200 Å². The molecule has 2 aromatic carbocycles. The zero-order valence-corrected chi connectivity index (χ0v) is 19.3. The fraction of sp³-hybridized carbons (Fsp3) is 0.292. The minimum absolute atomic E-state index is 0.105. The summed E-state index contributed by atoms with van der Waals surface area (Å²) >= 11 is 0. The Bertz CT molecular complexity index is 1220. The highest BCUT2D eigenvalue weighted by Gasteiger charge is 2.25. The van der Waals surface area contributed by atoms with E-state index in [4.69, 9.17) is 15.4 Å². The molecule has 11 heteroatoms. The van der Waals surface area contributed by atoms with Crippen molar-refractivity contribution in [3.05, 3.63) is 69.9 Å². The van der Waals surface area contributed by atoms with E-state index >= 15 is 0 Å². The lowest BCUT2D eigenvalue weighted by Crippen LogP contribution is -2.17. The number of carbonyl (C=O) groups is 1. The summed E-state index contributed by atoms with van der Waals surface area (Å²) in [5.74, 6) is -1.16. The van der Waals surface area contributed by atoms with Gasteiger partial charge in [0.25, 0.3) is 5.91 Å². The molecule has 0 radical (unpaired) electrons. The number of ether oxygens (including phenoxy) is 1. The van der Waals surface area contributed by atoms with Gasteiger partial charge in [-0.3, -0.25) is 4.79 Å². The molecule has 35 heavy (non-hydrogen) atoms. The van der Waals surface area contributed by atoms with Crippen LogP contribution in [0.3, 0.4) is 0 Å². The van der Waals surface area contributed by atoms with Crippen molar-refractivity contribution in [1.29, 1.82) is 5.59 Å². The SMILES string of the molecule is CNCCOc1c(N)ncnc1-c1cc(F)cc(NC(=O)c2ccc(C3CC3)cc2F)c1C.N=O. The molecule has 1 heterocycles. The second-order valence-electron chi connectivity index (χ2n) is 7.98. The summed E-state index contributed by atoms with van der Waals surface area (Å²) in [6, 6.07) is 7.08. The Balaban J connectivity index is 0.00000167. The van der Waals surface area contributed by atoms with Crippen LogP contribution >= 0.6 is 0 Å². The van der Waals surface area contributed by atoms with Crippen LogP contribution < -0.4 is 21.1 Å². The predicted molar refractivity (Wildman–Crippen MR) is 128 cm³/mol. The van der Waals surface area contributed by atoms with E-state index in [-0.39, 0.29) is 22.8 Å². The standard InChI is InChI=1S/C24H25F2N5O2.HNO/c1-13-18(21-22(33-8-7-28-2)23(27)30-12-29-21)10-16(25)11-20(13)31-24(32)17-6-5-15(9-19(17)26)14-3-4-14;1-2/h5-6,9-12,14,28H,3-4,7-8H2,1-2H3,(H,31,32)(H2,27,29,30);1H. The van der Waals surface area contributed by atoms with E-state index in [0.29, 0.717) is 35.9 Å². The van der Waals surface area contributed by atoms with Gasteiger partial charge in [-0.25, -0.2) is 18.7 Å². The Morgan fingerprint density at radius 3 is 2.60 bits per heavy atom. The molecule has 1 aliphatic carbocycles. The number of halogens is 2. The molecule has 1 aliphatic rings. The van der Waals surface area contributed by atoms with E-state index in [9.17, 15) is 13.6 Å². The van der Waals surface area contributed by atoms with Crippen molar-refractivity contribution >= 4 is 17.4 Å². The van der Waals surface area contributed by atoms with Crippen molar-refractivity contribution in [2.24, 2.45) is 0 Å². The lowest BCUT2D eigenvalue weighted by molar-refractivity contribution is 0.102. The maximum atomic E-state index is 14.6. The van der Waals surface area contributed by atoms with E-state index in [2.05, 4.69) is 26.2 Å². The lowest BCUT2D eigenvalue weighted by Gasteiger charge is -2.16. The average Bonchev–Trinajstić information content (AvgIpc) is 3.69. The second kappa shape index (κ2) is 11.4. The summed E-state index contributed by atoms with van der Waals surface area (Å²) in [6.07, 6.45) is 3.32. The second-order valence-corrected chi connectivity index (χ2v) is 7.98. The first kappa shape index (κ1) is 25.6. The Hall–Kier alpha value is -3.99. The fourth-order valence-corrected chi connectivity index (χ4v) is 3.61. The molecule has 0 unspecified atom stereocenters. The Morgan fingerprint density at radius 1 is 1.20 bits per heavy atom. The predicted octanol–water partition coefficient (Wildman–Crippen LogP) is 4.37. The first-order valence-electron chi connectivity index (χ1n) is 10.9. The van der Waals surface area contributed by atoms with E-state index in [1.807, 2.05) is 0 Å². The summed E-state index contributed by atoms with van der Waals surface area (Å²) in [7, 11) is 1.78. The topological polar surface area (TPSA) is 143 Å². The molecule has 1 aromatic heterocycles. The monoisotopic (exact) mass is 484 g/mol. The maximum absolute atomic E-state index is 14.6. The highest BCUT2D eigenvalue weighted by atomic mass is 19.1. The number of aromatic nitrogens is 2. The normalized spacial score (nSPS) is 12.5. The number of rotatable bonds is 8. The molecular formula is C24H26F2N6O3. The van der Waals surface area contributed by atoms with Gasteiger partial charge >= 0.3 is 0 Å². The minimum atomic E-state index is -0.665. The number of nitrogen functional groups attached to an aromatic ring is 1. The van der Waals surface area contributed by atoms with E-state index in [1.165, 1.54) is 30.6 Å². The van der Waals surface area contributed by atoms with Gasteiger partial charge in [0.2, 0.25) is 0 Å². The molecule has 0 bridgehead atoms. The smallest absolute Gasteiger partial charge is 0.258 e. The number of hydrogen-bond donors (Lipinski definition) is 4. The van der Waals surface area contributed by atoms with Crippen LogP contribution in [0.1, 0.15) is 40.2 Å². The number of nitrogens with zero attached hydrogens (tertiary/aromatic N) is 2. The first-order valence-corrected chi connectivity index (χ1v) is 10.9. The third-order valence-electron chi connectivity index (χ3n) is 5.59. The number of likely N-dealkylation sites (N-methyl/N-ethyl adjacent to an activating group) is 1. The third kappa shape index (κ3) is 5.93. The van der Waals surface area contributed by atoms with Crippen molar-refractivity contribution in [2.75, 3.05) is 31.2 Å². The van der Waals surface area contributed by atoms with Crippen LogP contribution in [0, 0.1) is 29.1 Å². The molecule has 1 amide bonds. The van der Waals surface area contributed by atoms with Crippen molar-refractivity contribution in [3.63, 3.8) is 0 Å². The molecule has 5 N–H and O–H groups in total. The number of hydrogen-bond acceptors (Lipinski definition) is 8. The van der Waals surface area contributed by atoms with Gasteiger partial charge in [0.15, 0.2) is 11.6 Å². The Kier molecular flexibility index (Phi) is 8.37. The molecule has 4 rings (SSSR count). The highest BCUT2D eigenvalue weighted by Crippen LogP contribution is 2.40. The maximum Gasteiger partial charge on any atom is 0.258 e. The molecule has 0 saturated heterocycles.